The van der Waals surface area contributed by atoms with Gasteiger partial charge in [-0.3, -0.25) is 9.59 Å². The van der Waals surface area contributed by atoms with Gasteiger partial charge in [-0.05, 0) is 131 Å². The maximum absolute atomic E-state index is 14.1. The molecule has 9 heteroatoms. The van der Waals surface area contributed by atoms with Crippen molar-refractivity contribution in [2.75, 3.05) is 60.5 Å². The maximum atomic E-state index is 14.1. The van der Waals surface area contributed by atoms with Gasteiger partial charge in [0.2, 0.25) is 0 Å². The van der Waals surface area contributed by atoms with Crippen molar-refractivity contribution in [1.29, 1.82) is 0 Å². The summed E-state index contributed by atoms with van der Waals surface area (Å²) in [4.78, 5) is 29.5. The fourth-order valence-corrected chi connectivity index (χ4v) is 7.70. The van der Waals surface area contributed by atoms with E-state index in [9.17, 15) is 14.0 Å². The fourth-order valence-electron chi connectivity index (χ4n) is 7.70. The van der Waals surface area contributed by atoms with Gasteiger partial charge in [0.05, 0.1) is 16.8 Å². The van der Waals surface area contributed by atoms with E-state index in [0.717, 1.165) is 54.1 Å². The summed E-state index contributed by atoms with van der Waals surface area (Å²) >= 11 is 0. The Balaban J connectivity index is 0.000000167. The van der Waals surface area contributed by atoms with Gasteiger partial charge in [-0.1, -0.05) is 55.3 Å². The zero-order valence-corrected chi connectivity index (χ0v) is 31.2. The topological polar surface area (TPSA) is 88.7 Å². The van der Waals surface area contributed by atoms with Crippen LogP contribution in [0.5, 0.6) is 0 Å². The number of nitrogens with one attached hydrogen (secondary N) is 4. The minimum atomic E-state index is -0.396. The van der Waals surface area contributed by atoms with Crippen molar-refractivity contribution in [2.45, 2.75) is 58.3 Å². The predicted octanol–water partition coefficient (Wildman–Crippen LogP) is 8.69. The largest absolute Gasteiger partial charge is 0.361 e. The average molecular weight is 727 g/mol. The number of hydrogen-bond acceptors (Lipinski definition) is 6. The Morgan fingerprint density at radius 3 is 1.54 bits per heavy atom. The molecule has 8 nitrogen and oxygen atoms in total. The van der Waals surface area contributed by atoms with Crippen molar-refractivity contribution in [3.63, 3.8) is 0 Å². The van der Waals surface area contributed by atoms with Gasteiger partial charge in [0.1, 0.15) is 5.82 Å². The lowest BCUT2D eigenvalue weighted by molar-refractivity contribution is -0.111. The van der Waals surface area contributed by atoms with Crippen LogP contribution < -0.4 is 21.3 Å². The van der Waals surface area contributed by atoms with Gasteiger partial charge in [-0.25, -0.2) is 4.39 Å². The van der Waals surface area contributed by atoms with Gasteiger partial charge in [0.15, 0.2) is 0 Å². The number of rotatable bonds is 10. The molecule has 4 aromatic carbocycles. The molecule has 0 unspecified atom stereocenters. The average Bonchev–Trinajstić information content (AvgIpc) is 3.72. The lowest BCUT2D eigenvalue weighted by Gasteiger charge is -2.26. The molecule has 2 fully saturated rings. The summed E-state index contributed by atoms with van der Waals surface area (Å²) in [5.41, 5.74) is 9.37. The number of amides is 2. The third-order valence-corrected chi connectivity index (χ3v) is 10.8. The zero-order chi connectivity index (χ0) is 37.3. The standard InChI is InChI=1S/C23H27N3O.C22H24FN3O/c1-17-6-5-7-21-22(17)20(23(27)25-21)16-24-19-10-8-18(9-11-19)12-15-26-13-3-2-4-14-26;23-19-5-4-6-20-21(19)18(22(27)25-20)15-24-17-9-7-16(8-10-17)11-14-26-12-2-1-3-13-26/h5-11,16,24H,2-4,12-15H2,1H3,(H,25,27);4-10,15,24H,1-3,11-14H2,(H,25,27)/b20-16-;18-15-. The van der Waals surface area contributed by atoms with Gasteiger partial charge < -0.3 is 31.1 Å². The molecule has 2 saturated heterocycles. The number of halogens is 1. The number of nitrogens with zero attached hydrogens (tertiary/aromatic N) is 2. The van der Waals surface area contributed by atoms with E-state index >= 15 is 0 Å². The molecule has 4 heterocycles. The van der Waals surface area contributed by atoms with Crippen LogP contribution in [0.3, 0.4) is 0 Å². The molecule has 0 atom stereocenters. The number of anilines is 4. The number of piperidine rings is 2. The molecule has 4 aliphatic rings. The number of carbonyl (C=O) groups is 2. The first-order chi connectivity index (χ1) is 26.4. The van der Waals surface area contributed by atoms with Crippen molar-refractivity contribution in [2.24, 2.45) is 0 Å². The molecular weight excluding hydrogens is 676 g/mol. The van der Waals surface area contributed by atoms with E-state index in [4.69, 9.17) is 0 Å². The van der Waals surface area contributed by atoms with Gasteiger partial charge >= 0.3 is 0 Å². The van der Waals surface area contributed by atoms with Crippen LogP contribution in [0.15, 0.2) is 97.3 Å². The molecule has 4 aliphatic heterocycles. The minimum absolute atomic E-state index is 0.0510. The van der Waals surface area contributed by atoms with Crippen molar-refractivity contribution < 1.29 is 14.0 Å². The molecule has 0 bridgehead atoms. The van der Waals surface area contributed by atoms with E-state index in [2.05, 4.69) is 67.5 Å². The van der Waals surface area contributed by atoms with Gasteiger partial charge in [-0.15, -0.1) is 0 Å². The molecule has 4 N–H and O–H groups in total. The molecule has 54 heavy (non-hydrogen) atoms. The molecule has 0 radical (unpaired) electrons. The van der Waals surface area contributed by atoms with E-state index in [-0.39, 0.29) is 11.8 Å². The molecule has 0 saturated carbocycles. The second-order valence-electron chi connectivity index (χ2n) is 14.7. The Hall–Kier alpha value is -5.25. The highest BCUT2D eigenvalue weighted by Gasteiger charge is 2.27. The Morgan fingerprint density at radius 2 is 1.04 bits per heavy atom. The van der Waals surface area contributed by atoms with E-state index in [1.54, 1.807) is 18.3 Å². The first kappa shape index (κ1) is 37.1. The number of hydrogen-bond donors (Lipinski definition) is 4. The van der Waals surface area contributed by atoms with Gasteiger partial charge in [-0.2, -0.15) is 0 Å². The van der Waals surface area contributed by atoms with E-state index < -0.39 is 5.82 Å². The maximum Gasteiger partial charge on any atom is 0.257 e. The van der Waals surface area contributed by atoms with Crippen molar-refractivity contribution in [3.05, 3.63) is 131 Å². The Morgan fingerprint density at radius 1 is 0.593 bits per heavy atom. The number of benzene rings is 4. The molecule has 2 amide bonds. The lowest BCUT2D eigenvalue weighted by atomic mass is 10.0. The van der Waals surface area contributed by atoms with Gasteiger partial charge in [0, 0.05) is 53.7 Å². The van der Waals surface area contributed by atoms with Crippen LogP contribution in [0, 0.1) is 12.7 Å². The predicted molar refractivity (Wildman–Crippen MR) is 219 cm³/mol. The highest BCUT2D eigenvalue weighted by atomic mass is 19.1. The molecule has 0 aliphatic carbocycles. The number of aryl methyl sites for hydroxylation is 1. The molecule has 8 rings (SSSR count). The fraction of sp³-hybridized carbons (Fsp3) is 0.333. The molecule has 0 aromatic heterocycles. The SMILES string of the molecule is Cc1cccc2c1/C(=C/Nc1ccc(CCN3CCCCC3)cc1)C(=O)N2.O=C1Nc2cccc(F)c2/C1=C/Nc1ccc(CCN2CCCCC2)cc1. The third kappa shape index (κ3) is 9.27. The summed E-state index contributed by atoms with van der Waals surface area (Å²) < 4.78 is 14.1. The summed E-state index contributed by atoms with van der Waals surface area (Å²) in [5, 5.41) is 12.0. The summed E-state index contributed by atoms with van der Waals surface area (Å²) in [6.07, 6.45) is 13.6. The molecule has 0 spiro atoms. The highest BCUT2D eigenvalue weighted by molar-refractivity contribution is 6.32. The first-order valence-electron chi connectivity index (χ1n) is 19.5. The summed E-state index contributed by atoms with van der Waals surface area (Å²) in [6, 6.07) is 27.3. The van der Waals surface area contributed by atoms with Crippen LogP contribution in [0.1, 0.15) is 66.3 Å². The van der Waals surface area contributed by atoms with Crippen molar-refractivity contribution in [1.82, 2.24) is 9.80 Å². The zero-order valence-electron chi connectivity index (χ0n) is 31.2. The lowest BCUT2D eigenvalue weighted by Crippen LogP contribution is -2.31. The van der Waals surface area contributed by atoms with Crippen LogP contribution in [0.25, 0.3) is 11.1 Å². The van der Waals surface area contributed by atoms with E-state index in [0.29, 0.717) is 22.4 Å². The number of likely N-dealkylation sites (tertiary alicyclic amines) is 2. The quantitative estimate of drug-likeness (QED) is 0.122. The second-order valence-corrected chi connectivity index (χ2v) is 14.7. The van der Waals surface area contributed by atoms with E-state index in [1.807, 2.05) is 43.5 Å². The van der Waals surface area contributed by atoms with E-state index in [1.165, 1.54) is 81.9 Å². The third-order valence-electron chi connectivity index (χ3n) is 10.8. The Kier molecular flexibility index (Phi) is 12.2. The highest BCUT2D eigenvalue weighted by Crippen LogP contribution is 2.35. The molecule has 4 aromatic rings. The van der Waals surface area contributed by atoms with Crippen LogP contribution in [0.2, 0.25) is 0 Å². The molecule has 280 valence electrons. The van der Waals surface area contributed by atoms with Crippen LogP contribution >= 0.6 is 0 Å². The van der Waals surface area contributed by atoms with Crippen LogP contribution in [-0.4, -0.2) is 60.9 Å². The minimum Gasteiger partial charge on any atom is -0.361 e. The first-order valence-corrected chi connectivity index (χ1v) is 19.5. The Bertz CT molecular complexity index is 1850. The monoisotopic (exact) mass is 726 g/mol. The molecular formula is C45H51FN6O2. The summed E-state index contributed by atoms with van der Waals surface area (Å²) in [7, 11) is 0. The van der Waals surface area contributed by atoms with Gasteiger partial charge in [0.25, 0.3) is 11.8 Å². The summed E-state index contributed by atoms with van der Waals surface area (Å²) in [5.74, 6) is -0.738. The van der Waals surface area contributed by atoms with Crippen LogP contribution in [0.4, 0.5) is 27.1 Å². The number of fused-ring (bicyclic) bond motifs is 2. The van der Waals surface area contributed by atoms with Crippen molar-refractivity contribution in [3.8, 4) is 0 Å². The smallest absolute Gasteiger partial charge is 0.257 e. The summed E-state index contributed by atoms with van der Waals surface area (Å²) in [6.45, 7) is 9.21. The number of carbonyl (C=O) groups excluding carboxylic acids is 2. The van der Waals surface area contributed by atoms with Crippen molar-refractivity contribution >= 4 is 45.7 Å². The second kappa shape index (κ2) is 17.7. The van der Waals surface area contributed by atoms with Crippen LogP contribution in [-0.2, 0) is 22.4 Å². The normalized spacial score (nSPS) is 18.4. The Labute approximate surface area is 318 Å².